The second-order valence-electron chi connectivity index (χ2n) is 14.7. The van der Waals surface area contributed by atoms with Crippen LogP contribution in [0.25, 0.3) is 0 Å². The zero-order valence-corrected chi connectivity index (χ0v) is 29.4. The summed E-state index contributed by atoms with van der Waals surface area (Å²) >= 11 is 0. The summed E-state index contributed by atoms with van der Waals surface area (Å²) < 4.78 is 31.5. The Kier molecular flexibility index (Phi) is 12.7. The lowest BCUT2D eigenvalue weighted by atomic mass is 9.74. The third-order valence-electron chi connectivity index (χ3n) is 7.58. The molecule has 1 aliphatic rings. The minimum Gasteiger partial charge on any atom is -0.480 e. The maximum Gasteiger partial charge on any atom is 0.419 e. The average molecular weight is 639 g/mol. The Balaban J connectivity index is 2.41. The van der Waals surface area contributed by atoms with Gasteiger partial charge in [0.05, 0.1) is 6.61 Å². The minimum atomic E-state index is -3.69. The van der Waals surface area contributed by atoms with Gasteiger partial charge in [-0.25, -0.2) is 14.5 Å². The van der Waals surface area contributed by atoms with Crippen molar-refractivity contribution in [1.29, 1.82) is 0 Å². The van der Waals surface area contributed by atoms with E-state index in [1.807, 2.05) is 51.1 Å². The second kappa shape index (κ2) is 14.8. The van der Waals surface area contributed by atoms with Gasteiger partial charge in [-0.15, -0.1) is 0 Å². The molecular formula is C33H55N2O8P. The number of unbranched alkanes of at least 4 members (excludes halogenated alkanes) is 1. The molecule has 3 unspecified atom stereocenters. The van der Waals surface area contributed by atoms with Crippen LogP contribution in [0.4, 0.5) is 9.59 Å². The predicted molar refractivity (Wildman–Crippen MR) is 172 cm³/mol. The summed E-state index contributed by atoms with van der Waals surface area (Å²) in [6.07, 6.45) is -0.210. The van der Waals surface area contributed by atoms with Gasteiger partial charge in [0.1, 0.15) is 11.2 Å². The zero-order valence-electron chi connectivity index (χ0n) is 28.5. The van der Waals surface area contributed by atoms with Crippen LogP contribution in [-0.2, 0) is 29.8 Å². The largest absolute Gasteiger partial charge is 0.480 e. The van der Waals surface area contributed by atoms with Gasteiger partial charge in [0.15, 0.2) is 5.16 Å². The smallest absolute Gasteiger partial charge is 0.419 e. The molecule has 44 heavy (non-hydrogen) atoms. The standard InChI is InChI=1S/C33H55N2O8P/c1-11-41-44(40)24-23-34(22-19-25-17-13-12-14-18-25)26(30(2,3)4)33(44,27(36)37)20-15-16-21-35(28(38)42-31(5,6)7)29(39)43-32(8,9)10/h12-14,17-18,26H,11,15-16,19-24H2,1-10H3,(H,36,37). The Hall–Kier alpha value is -2.42. The average Bonchev–Trinajstić information content (AvgIpc) is 2.86. The Morgan fingerprint density at radius 2 is 1.50 bits per heavy atom. The molecule has 0 saturated carbocycles. The number of nitrogens with zero attached hydrogens (tertiary/aromatic N) is 2. The Morgan fingerprint density at radius 1 is 0.955 bits per heavy atom. The molecule has 1 aliphatic heterocycles. The van der Waals surface area contributed by atoms with Gasteiger partial charge < -0.3 is 19.1 Å². The molecule has 10 nitrogen and oxygen atoms in total. The van der Waals surface area contributed by atoms with Crippen LogP contribution in [0.15, 0.2) is 30.3 Å². The van der Waals surface area contributed by atoms with Crippen LogP contribution in [0, 0.1) is 5.41 Å². The first-order valence-corrected chi connectivity index (χ1v) is 17.5. The van der Waals surface area contributed by atoms with Crippen molar-refractivity contribution in [1.82, 2.24) is 9.80 Å². The molecule has 1 N–H and O–H groups in total. The number of imide groups is 1. The number of aliphatic carboxylic acids is 1. The second-order valence-corrected chi connectivity index (χ2v) is 17.5. The summed E-state index contributed by atoms with van der Waals surface area (Å²) in [5.41, 5.74) is -1.08. The van der Waals surface area contributed by atoms with Crippen molar-refractivity contribution in [2.75, 3.05) is 32.4 Å². The fourth-order valence-electron chi connectivity index (χ4n) is 6.12. The topological polar surface area (TPSA) is 123 Å². The van der Waals surface area contributed by atoms with Crippen molar-refractivity contribution < 1.29 is 38.1 Å². The van der Waals surface area contributed by atoms with Crippen molar-refractivity contribution in [2.45, 2.75) is 117 Å². The number of amides is 2. The summed E-state index contributed by atoms with van der Waals surface area (Å²) in [4.78, 5) is 42.5. The van der Waals surface area contributed by atoms with E-state index in [2.05, 4.69) is 4.90 Å². The highest BCUT2D eigenvalue weighted by atomic mass is 31.2. The van der Waals surface area contributed by atoms with Gasteiger partial charge in [0.2, 0.25) is 7.37 Å². The number of benzene rings is 1. The van der Waals surface area contributed by atoms with E-state index < -0.39 is 53.3 Å². The molecule has 1 aromatic carbocycles. The monoisotopic (exact) mass is 638 g/mol. The number of carboxylic acids is 1. The fourth-order valence-corrected chi connectivity index (χ4v) is 9.53. The molecule has 1 saturated heterocycles. The van der Waals surface area contributed by atoms with Crippen molar-refractivity contribution >= 4 is 25.5 Å². The van der Waals surface area contributed by atoms with Gasteiger partial charge in [-0.2, -0.15) is 0 Å². The van der Waals surface area contributed by atoms with E-state index in [1.54, 1.807) is 48.5 Å². The van der Waals surface area contributed by atoms with Crippen LogP contribution in [0.1, 0.15) is 94.1 Å². The molecule has 2 amide bonds. The molecule has 3 atom stereocenters. The number of ether oxygens (including phenoxy) is 2. The zero-order chi connectivity index (χ0) is 33.6. The predicted octanol–water partition coefficient (Wildman–Crippen LogP) is 7.44. The van der Waals surface area contributed by atoms with Crippen LogP contribution in [0.5, 0.6) is 0 Å². The van der Waals surface area contributed by atoms with Crippen molar-refractivity contribution in [3.05, 3.63) is 35.9 Å². The van der Waals surface area contributed by atoms with Crippen LogP contribution in [-0.4, -0.2) is 87.9 Å². The summed E-state index contributed by atoms with van der Waals surface area (Å²) in [6, 6.07) is 9.43. The van der Waals surface area contributed by atoms with Gasteiger partial charge in [-0.3, -0.25) is 14.3 Å². The lowest BCUT2D eigenvalue weighted by Gasteiger charge is -2.55. The molecule has 0 aromatic heterocycles. The number of rotatable bonds is 11. The Morgan fingerprint density at radius 3 is 1.95 bits per heavy atom. The van der Waals surface area contributed by atoms with Crippen LogP contribution in [0.3, 0.4) is 0 Å². The van der Waals surface area contributed by atoms with Crippen LogP contribution in [0.2, 0.25) is 0 Å². The molecule has 0 spiro atoms. The third kappa shape index (κ3) is 9.79. The lowest BCUT2D eigenvalue weighted by Crippen LogP contribution is -2.66. The lowest BCUT2D eigenvalue weighted by molar-refractivity contribution is -0.145. The van der Waals surface area contributed by atoms with Crippen molar-refractivity contribution in [3.8, 4) is 0 Å². The summed E-state index contributed by atoms with van der Waals surface area (Å²) in [5, 5.41) is 9.31. The van der Waals surface area contributed by atoms with E-state index >= 15 is 0 Å². The molecule has 1 aromatic rings. The highest BCUT2D eigenvalue weighted by Crippen LogP contribution is 2.67. The number of carbonyl (C=O) groups excluding carboxylic acids is 2. The van der Waals surface area contributed by atoms with Gasteiger partial charge in [0, 0.05) is 31.8 Å². The van der Waals surface area contributed by atoms with E-state index in [-0.39, 0.29) is 38.6 Å². The number of carboxylic acid groups (broad SMARTS) is 1. The first kappa shape index (κ1) is 37.8. The summed E-state index contributed by atoms with van der Waals surface area (Å²) in [6.45, 7) is 19.1. The van der Waals surface area contributed by atoms with Gasteiger partial charge in [-0.05, 0) is 85.1 Å². The van der Waals surface area contributed by atoms with Crippen LogP contribution < -0.4 is 0 Å². The molecule has 2 rings (SSSR count). The van der Waals surface area contributed by atoms with E-state index in [0.717, 1.165) is 16.9 Å². The summed E-state index contributed by atoms with van der Waals surface area (Å²) in [7, 11) is -3.69. The number of hydrogen-bond acceptors (Lipinski definition) is 8. The normalized spacial score (nSPS) is 23.2. The van der Waals surface area contributed by atoms with Crippen molar-refractivity contribution in [2.24, 2.45) is 5.41 Å². The van der Waals surface area contributed by atoms with E-state index in [0.29, 0.717) is 13.1 Å². The third-order valence-corrected chi connectivity index (χ3v) is 10.9. The molecule has 250 valence electrons. The molecule has 0 radical (unpaired) electrons. The van der Waals surface area contributed by atoms with Crippen molar-refractivity contribution in [3.63, 3.8) is 0 Å². The fraction of sp³-hybridized carbons (Fsp3) is 0.727. The van der Waals surface area contributed by atoms with Gasteiger partial charge in [-0.1, -0.05) is 51.1 Å². The van der Waals surface area contributed by atoms with E-state index in [1.165, 1.54) is 0 Å². The minimum absolute atomic E-state index is 0.0453. The SMILES string of the molecule is CCOP1(=O)CCN(CCc2ccccc2)C(C(C)(C)C)C1(CCCCN(C(=O)OC(C)(C)C)C(=O)OC(C)(C)C)C(=O)O. The van der Waals surface area contributed by atoms with Gasteiger partial charge in [0.25, 0.3) is 0 Å². The van der Waals surface area contributed by atoms with E-state index in [4.69, 9.17) is 14.0 Å². The number of hydrogen-bond donors (Lipinski definition) is 1. The molecule has 1 heterocycles. The molecule has 0 aliphatic carbocycles. The van der Waals surface area contributed by atoms with Crippen LogP contribution >= 0.6 is 7.37 Å². The highest BCUT2D eigenvalue weighted by Gasteiger charge is 2.66. The maximum absolute atomic E-state index is 14.7. The first-order valence-electron chi connectivity index (χ1n) is 15.7. The number of carbonyl (C=O) groups is 3. The van der Waals surface area contributed by atoms with E-state index in [9.17, 15) is 24.1 Å². The maximum atomic E-state index is 14.7. The Labute approximate surface area is 264 Å². The summed E-state index contributed by atoms with van der Waals surface area (Å²) in [5.74, 6) is -1.14. The molecule has 1 fully saturated rings. The first-order chi connectivity index (χ1) is 20.2. The molecule has 0 bridgehead atoms. The highest BCUT2D eigenvalue weighted by molar-refractivity contribution is 7.62. The van der Waals surface area contributed by atoms with Gasteiger partial charge >= 0.3 is 18.2 Å². The molecular weight excluding hydrogens is 583 g/mol. The molecule has 11 heteroatoms. The Bertz CT molecular complexity index is 1140. The quantitative estimate of drug-likeness (QED) is 0.195.